The van der Waals surface area contributed by atoms with Gasteiger partial charge in [-0.25, -0.2) is 0 Å². The molecule has 20 heavy (non-hydrogen) atoms. The molecule has 4 heteroatoms. The number of nitrogens with zero attached hydrogens (tertiary/aromatic N) is 1. The Kier molecular flexibility index (Phi) is 5.01. The first kappa shape index (κ1) is 14.9. The fourth-order valence-corrected chi connectivity index (χ4v) is 2.19. The highest BCUT2D eigenvalue weighted by molar-refractivity contribution is 5.81. The summed E-state index contributed by atoms with van der Waals surface area (Å²) in [6.45, 7) is 5.99. The van der Waals surface area contributed by atoms with Gasteiger partial charge in [-0.2, -0.15) is 0 Å². The number of amides is 1. The van der Waals surface area contributed by atoms with E-state index in [-0.39, 0.29) is 11.9 Å². The lowest BCUT2D eigenvalue weighted by Crippen LogP contribution is -2.41. The second-order valence-corrected chi connectivity index (χ2v) is 5.84. The van der Waals surface area contributed by atoms with E-state index < -0.39 is 0 Å². The van der Waals surface area contributed by atoms with Crippen LogP contribution in [0, 0.1) is 5.92 Å². The first-order valence-corrected chi connectivity index (χ1v) is 7.42. The van der Waals surface area contributed by atoms with E-state index in [4.69, 9.17) is 5.73 Å². The van der Waals surface area contributed by atoms with Crippen LogP contribution in [-0.2, 0) is 11.3 Å². The molecule has 1 saturated carbocycles. The molecular formula is C16H25N3O. The average molecular weight is 275 g/mol. The molecule has 1 fully saturated rings. The molecule has 4 nitrogen and oxygen atoms in total. The highest BCUT2D eigenvalue weighted by Crippen LogP contribution is 2.27. The summed E-state index contributed by atoms with van der Waals surface area (Å²) in [7, 11) is 0. The molecule has 0 heterocycles. The lowest BCUT2D eigenvalue weighted by atomic mass is 10.1. The van der Waals surface area contributed by atoms with Crippen LogP contribution in [-0.4, -0.2) is 25.0 Å². The van der Waals surface area contributed by atoms with Gasteiger partial charge in [-0.15, -0.1) is 0 Å². The van der Waals surface area contributed by atoms with Gasteiger partial charge in [0.05, 0.1) is 6.54 Å². The lowest BCUT2D eigenvalue weighted by molar-refractivity contribution is -0.119. The molecule has 1 aliphatic carbocycles. The van der Waals surface area contributed by atoms with Crippen molar-refractivity contribution in [1.29, 1.82) is 0 Å². The highest BCUT2D eigenvalue weighted by atomic mass is 16.2. The minimum Gasteiger partial charge on any atom is -0.360 e. The summed E-state index contributed by atoms with van der Waals surface area (Å²) in [5.74, 6) is 0.823. The number of carbonyl (C=O) groups excluding carboxylic acids is 1. The Morgan fingerprint density at radius 3 is 2.50 bits per heavy atom. The van der Waals surface area contributed by atoms with E-state index in [2.05, 4.69) is 24.1 Å². The maximum Gasteiger partial charge on any atom is 0.239 e. The lowest BCUT2D eigenvalue weighted by Gasteiger charge is -2.28. The van der Waals surface area contributed by atoms with E-state index >= 15 is 0 Å². The first-order chi connectivity index (χ1) is 9.60. The van der Waals surface area contributed by atoms with Crippen LogP contribution in [0.3, 0.4) is 0 Å². The van der Waals surface area contributed by atoms with Gasteiger partial charge in [-0.05, 0) is 50.3 Å². The maximum absolute atomic E-state index is 12.0. The van der Waals surface area contributed by atoms with Crippen molar-refractivity contribution in [2.75, 3.05) is 18.0 Å². The van der Waals surface area contributed by atoms with Gasteiger partial charge in [0.15, 0.2) is 0 Å². The van der Waals surface area contributed by atoms with Crippen molar-refractivity contribution in [2.24, 2.45) is 11.7 Å². The largest absolute Gasteiger partial charge is 0.360 e. The molecule has 1 aromatic carbocycles. The molecule has 1 aliphatic rings. The van der Waals surface area contributed by atoms with Crippen LogP contribution >= 0.6 is 0 Å². The summed E-state index contributed by atoms with van der Waals surface area (Å²) in [5, 5.41) is 3.02. The Morgan fingerprint density at radius 1 is 1.35 bits per heavy atom. The second kappa shape index (κ2) is 6.75. The SMILES string of the molecule is CC(C)N(CC(=O)NCC1CC1)c1ccc(CN)cc1. The topological polar surface area (TPSA) is 58.4 Å². The van der Waals surface area contributed by atoms with Crippen molar-refractivity contribution >= 4 is 11.6 Å². The Morgan fingerprint density at radius 2 is 2.00 bits per heavy atom. The molecule has 1 aromatic rings. The van der Waals surface area contributed by atoms with Crippen LogP contribution in [0.1, 0.15) is 32.3 Å². The van der Waals surface area contributed by atoms with Gasteiger partial charge in [0, 0.05) is 24.8 Å². The second-order valence-electron chi connectivity index (χ2n) is 5.84. The van der Waals surface area contributed by atoms with E-state index in [0.717, 1.165) is 23.7 Å². The van der Waals surface area contributed by atoms with E-state index in [1.807, 2.05) is 24.3 Å². The number of hydrogen-bond acceptors (Lipinski definition) is 3. The summed E-state index contributed by atoms with van der Waals surface area (Å²) in [6, 6.07) is 8.40. The number of anilines is 1. The van der Waals surface area contributed by atoms with Crippen LogP contribution in [0.4, 0.5) is 5.69 Å². The molecule has 110 valence electrons. The van der Waals surface area contributed by atoms with Crippen LogP contribution in [0.15, 0.2) is 24.3 Å². The summed E-state index contributed by atoms with van der Waals surface area (Å²) in [6.07, 6.45) is 2.52. The zero-order valence-corrected chi connectivity index (χ0v) is 12.4. The third-order valence-corrected chi connectivity index (χ3v) is 3.73. The van der Waals surface area contributed by atoms with Crippen molar-refractivity contribution in [1.82, 2.24) is 5.32 Å². The van der Waals surface area contributed by atoms with Crippen molar-refractivity contribution in [2.45, 2.75) is 39.3 Å². The summed E-state index contributed by atoms with van der Waals surface area (Å²) in [4.78, 5) is 14.1. The average Bonchev–Trinajstić information content (AvgIpc) is 3.26. The predicted molar refractivity (Wildman–Crippen MR) is 82.5 cm³/mol. The Balaban J connectivity index is 1.95. The third kappa shape index (κ3) is 4.23. The van der Waals surface area contributed by atoms with Crippen LogP contribution in [0.2, 0.25) is 0 Å². The summed E-state index contributed by atoms with van der Waals surface area (Å²) in [5.41, 5.74) is 7.79. The summed E-state index contributed by atoms with van der Waals surface area (Å²) >= 11 is 0. The third-order valence-electron chi connectivity index (χ3n) is 3.73. The fraction of sp³-hybridized carbons (Fsp3) is 0.562. The smallest absolute Gasteiger partial charge is 0.239 e. The maximum atomic E-state index is 12.0. The van der Waals surface area contributed by atoms with Crippen molar-refractivity contribution in [3.05, 3.63) is 29.8 Å². The Bertz CT molecular complexity index is 438. The standard InChI is InChI=1S/C16H25N3O/c1-12(2)19(11-16(20)18-10-14-3-4-14)15-7-5-13(9-17)6-8-15/h5-8,12,14H,3-4,9-11,17H2,1-2H3,(H,18,20). The fourth-order valence-electron chi connectivity index (χ4n) is 2.19. The number of benzene rings is 1. The van der Waals surface area contributed by atoms with Crippen LogP contribution in [0.25, 0.3) is 0 Å². The molecule has 0 aliphatic heterocycles. The minimum atomic E-state index is 0.105. The number of rotatable bonds is 7. The van der Waals surface area contributed by atoms with Gasteiger partial charge in [-0.1, -0.05) is 12.1 Å². The zero-order chi connectivity index (χ0) is 14.5. The van der Waals surface area contributed by atoms with Crippen molar-refractivity contribution in [3.63, 3.8) is 0 Å². The van der Waals surface area contributed by atoms with E-state index in [1.165, 1.54) is 12.8 Å². The van der Waals surface area contributed by atoms with E-state index in [1.54, 1.807) is 0 Å². The van der Waals surface area contributed by atoms with E-state index in [9.17, 15) is 4.79 Å². The first-order valence-electron chi connectivity index (χ1n) is 7.42. The van der Waals surface area contributed by atoms with Gasteiger partial charge >= 0.3 is 0 Å². The molecule has 0 bridgehead atoms. The number of nitrogens with one attached hydrogen (secondary N) is 1. The molecule has 0 aromatic heterocycles. The molecule has 1 amide bonds. The molecule has 0 radical (unpaired) electrons. The number of hydrogen-bond donors (Lipinski definition) is 2. The molecule has 0 unspecified atom stereocenters. The van der Waals surface area contributed by atoms with Gasteiger partial charge in [0.25, 0.3) is 0 Å². The summed E-state index contributed by atoms with van der Waals surface area (Å²) < 4.78 is 0. The monoisotopic (exact) mass is 275 g/mol. The Labute approximate surface area is 121 Å². The molecular weight excluding hydrogens is 250 g/mol. The van der Waals surface area contributed by atoms with Crippen molar-refractivity contribution in [3.8, 4) is 0 Å². The molecule has 0 saturated heterocycles. The normalized spacial score (nSPS) is 14.4. The van der Waals surface area contributed by atoms with Gasteiger partial charge in [0.1, 0.15) is 0 Å². The molecule has 3 N–H and O–H groups in total. The van der Waals surface area contributed by atoms with Crippen LogP contribution < -0.4 is 16.0 Å². The number of carbonyl (C=O) groups is 1. The number of nitrogens with two attached hydrogens (primary N) is 1. The zero-order valence-electron chi connectivity index (χ0n) is 12.4. The van der Waals surface area contributed by atoms with Crippen molar-refractivity contribution < 1.29 is 4.79 Å². The Hall–Kier alpha value is -1.55. The predicted octanol–water partition coefficient (Wildman–Crippen LogP) is 1.89. The van der Waals surface area contributed by atoms with Gasteiger partial charge in [-0.3, -0.25) is 4.79 Å². The highest BCUT2D eigenvalue weighted by Gasteiger charge is 2.22. The molecule has 0 atom stereocenters. The minimum absolute atomic E-state index is 0.105. The molecule has 0 spiro atoms. The van der Waals surface area contributed by atoms with Gasteiger partial charge in [0.2, 0.25) is 5.91 Å². The van der Waals surface area contributed by atoms with Crippen LogP contribution in [0.5, 0.6) is 0 Å². The quantitative estimate of drug-likeness (QED) is 0.799. The van der Waals surface area contributed by atoms with Gasteiger partial charge < -0.3 is 16.0 Å². The molecule has 2 rings (SSSR count). The van der Waals surface area contributed by atoms with E-state index in [0.29, 0.717) is 13.1 Å².